The summed E-state index contributed by atoms with van der Waals surface area (Å²) < 4.78 is 13.1. The molecule has 0 saturated carbocycles. The number of aromatic nitrogens is 2. The van der Waals surface area contributed by atoms with E-state index >= 15 is 0 Å². The van der Waals surface area contributed by atoms with Crippen molar-refractivity contribution in [2.75, 3.05) is 20.2 Å². The highest BCUT2D eigenvalue weighted by atomic mass is 16.5. The molecule has 0 spiro atoms. The molecule has 1 aromatic heterocycles. The van der Waals surface area contributed by atoms with Crippen LogP contribution in [-0.2, 0) is 6.54 Å². The Kier molecular flexibility index (Phi) is 6.90. The second-order valence-electron chi connectivity index (χ2n) is 8.54. The molecule has 0 bridgehead atoms. The molecular formula is C26H31N3O3. The van der Waals surface area contributed by atoms with E-state index in [4.69, 9.17) is 9.47 Å². The van der Waals surface area contributed by atoms with Gasteiger partial charge >= 0.3 is 0 Å². The van der Waals surface area contributed by atoms with Crippen LogP contribution in [0.2, 0.25) is 0 Å². The number of benzene rings is 2. The van der Waals surface area contributed by atoms with Gasteiger partial charge in [-0.05, 0) is 69.6 Å². The Morgan fingerprint density at radius 1 is 1.16 bits per heavy atom. The van der Waals surface area contributed by atoms with Crippen LogP contribution in [0.1, 0.15) is 42.9 Å². The Morgan fingerprint density at radius 3 is 2.72 bits per heavy atom. The smallest absolute Gasteiger partial charge is 0.167 e. The minimum absolute atomic E-state index is 0.0116. The topological polar surface area (TPSA) is 56.6 Å². The van der Waals surface area contributed by atoms with Gasteiger partial charge in [-0.3, -0.25) is 9.69 Å². The van der Waals surface area contributed by atoms with Gasteiger partial charge < -0.3 is 14.0 Å². The van der Waals surface area contributed by atoms with Gasteiger partial charge in [-0.1, -0.05) is 12.1 Å². The second-order valence-corrected chi connectivity index (χ2v) is 8.54. The number of hydrogen-bond donors (Lipinski definition) is 0. The maximum atomic E-state index is 13.2. The number of nitrogens with zero attached hydrogens (tertiary/aromatic N) is 3. The molecule has 1 fully saturated rings. The lowest BCUT2D eigenvalue weighted by Crippen LogP contribution is -2.38. The molecule has 168 valence electrons. The number of carbonyl (C=O) groups excluding carboxylic acids is 1. The lowest BCUT2D eigenvalue weighted by Gasteiger charge is -2.31. The monoisotopic (exact) mass is 433 g/mol. The van der Waals surface area contributed by atoms with Crippen LogP contribution in [0, 0.1) is 5.92 Å². The van der Waals surface area contributed by atoms with Gasteiger partial charge in [-0.2, -0.15) is 0 Å². The number of ether oxygens (including phenoxy) is 2. The highest BCUT2D eigenvalue weighted by Crippen LogP contribution is 2.25. The average molecular weight is 434 g/mol. The fraction of sp³-hybridized carbons (Fsp3) is 0.385. The predicted molar refractivity (Wildman–Crippen MR) is 125 cm³/mol. The molecule has 32 heavy (non-hydrogen) atoms. The van der Waals surface area contributed by atoms with Crippen molar-refractivity contribution in [2.45, 2.75) is 39.3 Å². The van der Waals surface area contributed by atoms with Crippen molar-refractivity contribution in [1.82, 2.24) is 14.5 Å². The van der Waals surface area contributed by atoms with E-state index in [1.165, 1.54) is 0 Å². The van der Waals surface area contributed by atoms with Crippen molar-refractivity contribution in [1.29, 1.82) is 0 Å². The van der Waals surface area contributed by atoms with Crippen LogP contribution >= 0.6 is 0 Å². The number of methoxy groups -OCH3 is 1. The van der Waals surface area contributed by atoms with Crippen LogP contribution in [0.5, 0.6) is 11.5 Å². The fourth-order valence-corrected chi connectivity index (χ4v) is 4.27. The zero-order valence-electron chi connectivity index (χ0n) is 19.0. The summed E-state index contributed by atoms with van der Waals surface area (Å²) in [5.74, 6) is 2.73. The van der Waals surface area contributed by atoms with Crippen molar-refractivity contribution in [2.24, 2.45) is 5.92 Å². The maximum Gasteiger partial charge on any atom is 0.167 e. The molecule has 0 amide bonds. The standard InChI is InChI=1S/C26H31N3O3/c1-19(2)32-24-8-4-6-20(16-24)26(30)21-7-5-14-28(17-21)18-25-27-13-15-29(25)22-9-11-23(31-3)12-10-22/h4,6,8-13,15-16,19,21H,5,7,14,17-18H2,1-3H3. The molecule has 0 N–H and O–H groups in total. The van der Waals surface area contributed by atoms with Crippen LogP contribution in [0.3, 0.4) is 0 Å². The van der Waals surface area contributed by atoms with Gasteiger partial charge in [-0.25, -0.2) is 4.98 Å². The van der Waals surface area contributed by atoms with Crippen LogP contribution in [0.25, 0.3) is 5.69 Å². The Bertz CT molecular complexity index is 1040. The number of ketones is 1. The molecule has 1 aliphatic rings. The lowest BCUT2D eigenvalue weighted by molar-refractivity contribution is 0.0807. The van der Waals surface area contributed by atoms with Gasteiger partial charge in [0.2, 0.25) is 0 Å². The van der Waals surface area contributed by atoms with Gasteiger partial charge in [0.15, 0.2) is 5.78 Å². The molecule has 1 saturated heterocycles. The number of piperidine rings is 1. The SMILES string of the molecule is COc1ccc(-n2ccnc2CN2CCCC(C(=O)c3cccc(OC(C)C)c3)C2)cc1. The van der Waals surface area contributed by atoms with Crippen LogP contribution in [0.4, 0.5) is 0 Å². The molecular weight excluding hydrogens is 402 g/mol. The number of Topliss-reactive ketones (excluding diaryl/α,β-unsaturated/α-hetero) is 1. The van der Waals surface area contributed by atoms with Crippen molar-refractivity contribution >= 4 is 5.78 Å². The van der Waals surface area contributed by atoms with Gasteiger partial charge in [0.05, 0.1) is 19.8 Å². The number of likely N-dealkylation sites (tertiary alicyclic amines) is 1. The molecule has 6 heteroatoms. The summed E-state index contributed by atoms with van der Waals surface area (Å²) in [7, 11) is 1.67. The highest BCUT2D eigenvalue weighted by Gasteiger charge is 2.27. The van der Waals surface area contributed by atoms with E-state index in [1.54, 1.807) is 7.11 Å². The third kappa shape index (κ3) is 5.19. The Balaban J connectivity index is 1.44. The molecule has 0 radical (unpaired) electrons. The van der Waals surface area contributed by atoms with E-state index in [0.717, 1.165) is 54.5 Å². The molecule has 1 atom stereocenters. The molecule has 2 aromatic carbocycles. The summed E-state index contributed by atoms with van der Waals surface area (Å²) >= 11 is 0. The fourth-order valence-electron chi connectivity index (χ4n) is 4.27. The third-order valence-electron chi connectivity index (χ3n) is 5.80. The van der Waals surface area contributed by atoms with E-state index in [2.05, 4.69) is 14.5 Å². The van der Waals surface area contributed by atoms with Gasteiger partial charge in [0.1, 0.15) is 17.3 Å². The Hall–Kier alpha value is -3.12. The first-order valence-corrected chi connectivity index (χ1v) is 11.2. The van der Waals surface area contributed by atoms with Crippen molar-refractivity contribution < 1.29 is 14.3 Å². The first kappa shape index (κ1) is 22.1. The molecule has 1 unspecified atom stereocenters. The Labute approximate surface area is 189 Å². The normalized spacial score (nSPS) is 16.8. The summed E-state index contributed by atoms with van der Waals surface area (Å²) in [6.07, 6.45) is 5.80. The maximum absolute atomic E-state index is 13.2. The van der Waals surface area contributed by atoms with E-state index in [9.17, 15) is 4.79 Å². The molecule has 3 aromatic rings. The zero-order chi connectivity index (χ0) is 22.5. The first-order valence-electron chi connectivity index (χ1n) is 11.2. The van der Waals surface area contributed by atoms with E-state index < -0.39 is 0 Å². The minimum atomic E-state index is -0.0116. The zero-order valence-corrected chi connectivity index (χ0v) is 19.0. The van der Waals surface area contributed by atoms with E-state index in [-0.39, 0.29) is 17.8 Å². The van der Waals surface area contributed by atoms with Crippen molar-refractivity contribution in [3.8, 4) is 17.2 Å². The first-order chi connectivity index (χ1) is 15.5. The average Bonchev–Trinajstić information content (AvgIpc) is 3.26. The number of hydrogen-bond acceptors (Lipinski definition) is 5. The van der Waals surface area contributed by atoms with E-state index in [1.807, 2.05) is 74.8 Å². The van der Waals surface area contributed by atoms with Gasteiger partial charge in [0.25, 0.3) is 0 Å². The van der Waals surface area contributed by atoms with Crippen molar-refractivity contribution in [3.05, 3.63) is 72.3 Å². The van der Waals surface area contributed by atoms with Gasteiger partial charge in [0, 0.05) is 36.1 Å². The second kappa shape index (κ2) is 10.0. The Morgan fingerprint density at radius 2 is 1.97 bits per heavy atom. The number of carbonyl (C=O) groups is 1. The molecule has 1 aliphatic heterocycles. The predicted octanol–water partition coefficient (Wildman–Crippen LogP) is 4.76. The number of imidazole rings is 1. The largest absolute Gasteiger partial charge is 0.497 e. The summed E-state index contributed by atoms with van der Waals surface area (Å²) in [5.41, 5.74) is 1.78. The van der Waals surface area contributed by atoms with Crippen LogP contribution in [0.15, 0.2) is 60.9 Å². The van der Waals surface area contributed by atoms with Crippen LogP contribution in [-0.4, -0.2) is 46.5 Å². The number of rotatable bonds is 8. The molecule has 0 aliphatic carbocycles. The summed E-state index contributed by atoms with van der Waals surface area (Å²) in [4.78, 5) is 20.1. The lowest BCUT2D eigenvalue weighted by atomic mass is 9.90. The molecule has 4 rings (SSSR count). The molecule has 6 nitrogen and oxygen atoms in total. The summed E-state index contributed by atoms with van der Waals surface area (Å²) in [6, 6.07) is 15.5. The van der Waals surface area contributed by atoms with E-state index in [0.29, 0.717) is 6.54 Å². The molecule has 2 heterocycles. The summed E-state index contributed by atoms with van der Waals surface area (Å²) in [5, 5.41) is 0. The third-order valence-corrected chi connectivity index (χ3v) is 5.80. The highest BCUT2D eigenvalue weighted by molar-refractivity contribution is 5.98. The van der Waals surface area contributed by atoms with Crippen LogP contribution < -0.4 is 9.47 Å². The summed E-state index contributed by atoms with van der Waals surface area (Å²) in [6.45, 7) is 6.39. The van der Waals surface area contributed by atoms with Gasteiger partial charge in [-0.15, -0.1) is 0 Å². The quantitative estimate of drug-likeness (QED) is 0.479. The van der Waals surface area contributed by atoms with Crippen molar-refractivity contribution in [3.63, 3.8) is 0 Å². The minimum Gasteiger partial charge on any atom is -0.497 e.